The van der Waals surface area contributed by atoms with Crippen molar-refractivity contribution in [3.8, 4) is 18.1 Å². The number of nitrogens with one attached hydrogen (secondary N) is 2. The van der Waals surface area contributed by atoms with Gasteiger partial charge in [0.15, 0.2) is 0 Å². The Balaban J connectivity index is 2.34. The van der Waals surface area contributed by atoms with Crippen LogP contribution in [-0.4, -0.2) is 39.3 Å². The Kier molecular flexibility index (Phi) is 7.89. The molecule has 0 aromatic heterocycles. The predicted molar refractivity (Wildman–Crippen MR) is 77.4 cm³/mol. The molecule has 0 spiro atoms. The Morgan fingerprint density at radius 3 is 2.95 bits per heavy atom. The van der Waals surface area contributed by atoms with Gasteiger partial charge in [0.1, 0.15) is 12.4 Å². The summed E-state index contributed by atoms with van der Waals surface area (Å²) in [6, 6.07) is 7.58. The third-order valence-electron chi connectivity index (χ3n) is 2.51. The van der Waals surface area contributed by atoms with Crippen LogP contribution in [0.4, 0.5) is 0 Å². The molecule has 108 valence electrons. The number of hydrogen-bond donors (Lipinski definition) is 2. The maximum Gasteiger partial charge on any atom is 0.234 e. The zero-order valence-corrected chi connectivity index (χ0v) is 11.6. The molecule has 0 saturated carbocycles. The van der Waals surface area contributed by atoms with Crippen LogP contribution < -0.4 is 15.4 Å². The van der Waals surface area contributed by atoms with Crippen molar-refractivity contribution in [2.45, 2.75) is 6.54 Å². The van der Waals surface area contributed by atoms with Crippen molar-refractivity contribution in [2.75, 3.05) is 33.4 Å². The summed E-state index contributed by atoms with van der Waals surface area (Å²) in [7, 11) is 1.59. The zero-order valence-electron chi connectivity index (χ0n) is 11.6. The lowest BCUT2D eigenvalue weighted by atomic mass is 10.2. The summed E-state index contributed by atoms with van der Waals surface area (Å²) >= 11 is 0. The van der Waals surface area contributed by atoms with Crippen LogP contribution in [0.1, 0.15) is 5.56 Å². The topological polar surface area (TPSA) is 59.6 Å². The van der Waals surface area contributed by atoms with Crippen LogP contribution in [0.2, 0.25) is 0 Å². The van der Waals surface area contributed by atoms with Gasteiger partial charge in [-0.05, 0) is 6.07 Å². The summed E-state index contributed by atoms with van der Waals surface area (Å²) in [4.78, 5) is 11.5. The maximum absolute atomic E-state index is 11.5. The van der Waals surface area contributed by atoms with Gasteiger partial charge in [0.2, 0.25) is 5.91 Å². The highest BCUT2D eigenvalue weighted by molar-refractivity contribution is 5.77. The first-order valence-corrected chi connectivity index (χ1v) is 6.38. The fourth-order valence-corrected chi connectivity index (χ4v) is 1.58. The predicted octanol–water partition coefficient (Wildman–Crippen LogP) is 0.551. The van der Waals surface area contributed by atoms with E-state index in [2.05, 4.69) is 16.6 Å². The van der Waals surface area contributed by atoms with Gasteiger partial charge in [0, 0.05) is 25.8 Å². The third-order valence-corrected chi connectivity index (χ3v) is 2.51. The number of carbonyl (C=O) groups excluding carboxylic acids is 1. The molecule has 0 heterocycles. The summed E-state index contributed by atoms with van der Waals surface area (Å²) in [5, 5.41) is 5.80. The van der Waals surface area contributed by atoms with E-state index in [0.29, 0.717) is 19.7 Å². The average Bonchev–Trinajstić information content (AvgIpc) is 2.46. The van der Waals surface area contributed by atoms with E-state index >= 15 is 0 Å². The summed E-state index contributed by atoms with van der Waals surface area (Å²) in [5.74, 6) is 3.10. The summed E-state index contributed by atoms with van der Waals surface area (Å²) in [6.07, 6.45) is 5.17. The first-order chi connectivity index (χ1) is 9.77. The lowest BCUT2D eigenvalue weighted by Gasteiger charge is -2.10. The van der Waals surface area contributed by atoms with Gasteiger partial charge in [0.05, 0.1) is 13.2 Å². The van der Waals surface area contributed by atoms with Crippen molar-refractivity contribution in [3.63, 3.8) is 0 Å². The van der Waals surface area contributed by atoms with Gasteiger partial charge in [0.25, 0.3) is 0 Å². The number of hydrogen-bond acceptors (Lipinski definition) is 4. The quantitative estimate of drug-likeness (QED) is 0.511. The second-order valence-corrected chi connectivity index (χ2v) is 4.05. The molecule has 0 saturated heterocycles. The van der Waals surface area contributed by atoms with Crippen LogP contribution in [0.5, 0.6) is 5.75 Å². The number of amides is 1. The number of methoxy groups -OCH3 is 1. The SMILES string of the molecule is C#CCOc1ccccc1CNCC(=O)NCCOC. The molecule has 1 aromatic carbocycles. The van der Waals surface area contributed by atoms with Crippen molar-refractivity contribution in [3.05, 3.63) is 29.8 Å². The van der Waals surface area contributed by atoms with Crippen LogP contribution in [0.3, 0.4) is 0 Å². The zero-order chi connectivity index (χ0) is 14.6. The summed E-state index contributed by atoms with van der Waals surface area (Å²) in [6.45, 7) is 2.04. The minimum absolute atomic E-state index is 0.0657. The first-order valence-electron chi connectivity index (χ1n) is 6.38. The van der Waals surface area contributed by atoms with E-state index in [1.807, 2.05) is 24.3 Å². The van der Waals surface area contributed by atoms with E-state index in [9.17, 15) is 4.79 Å². The monoisotopic (exact) mass is 276 g/mol. The molecule has 0 atom stereocenters. The third kappa shape index (κ3) is 6.23. The van der Waals surface area contributed by atoms with E-state index in [1.165, 1.54) is 0 Å². The van der Waals surface area contributed by atoms with E-state index in [4.69, 9.17) is 15.9 Å². The van der Waals surface area contributed by atoms with Crippen LogP contribution in [0.15, 0.2) is 24.3 Å². The Labute approximate surface area is 119 Å². The molecule has 0 aliphatic rings. The Morgan fingerprint density at radius 1 is 1.40 bits per heavy atom. The van der Waals surface area contributed by atoms with Crippen LogP contribution in [0, 0.1) is 12.3 Å². The van der Waals surface area contributed by atoms with Crippen molar-refractivity contribution in [1.29, 1.82) is 0 Å². The van der Waals surface area contributed by atoms with E-state index < -0.39 is 0 Å². The smallest absolute Gasteiger partial charge is 0.234 e. The molecule has 1 amide bonds. The van der Waals surface area contributed by atoms with Gasteiger partial charge in [-0.1, -0.05) is 24.1 Å². The second kappa shape index (κ2) is 9.84. The Morgan fingerprint density at radius 2 is 2.20 bits per heavy atom. The molecule has 0 aliphatic heterocycles. The lowest BCUT2D eigenvalue weighted by molar-refractivity contribution is -0.120. The van der Waals surface area contributed by atoms with Crippen LogP contribution in [0.25, 0.3) is 0 Å². The lowest BCUT2D eigenvalue weighted by Crippen LogP contribution is -2.35. The van der Waals surface area contributed by atoms with E-state index in [0.717, 1.165) is 11.3 Å². The number of benzene rings is 1. The number of terminal acetylenes is 1. The fraction of sp³-hybridized carbons (Fsp3) is 0.400. The maximum atomic E-state index is 11.5. The van der Waals surface area contributed by atoms with Gasteiger partial charge in [-0.15, -0.1) is 6.42 Å². The number of para-hydroxylation sites is 1. The highest BCUT2D eigenvalue weighted by atomic mass is 16.5. The van der Waals surface area contributed by atoms with Crippen molar-refractivity contribution >= 4 is 5.91 Å². The first kappa shape index (κ1) is 16.0. The summed E-state index contributed by atoms with van der Waals surface area (Å²) in [5.41, 5.74) is 0.965. The molecule has 5 heteroatoms. The van der Waals surface area contributed by atoms with Crippen LogP contribution >= 0.6 is 0 Å². The molecule has 0 fully saturated rings. The largest absolute Gasteiger partial charge is 0.481 e. The van der Waals surface area contributed by atoms with Crippen molar-refractivity contribution in [2.24, 2.45) is 0 Å². The molecule has 0 aliphatic carbocycles. The molecule has 0 radical (unpaired) electrons. The number of rotatable bonds is 9. The fourth-order valence-electron chi connectivity index (χ4n) is 1.58. The van der Waals surface area contributed by atoms with Gasteiger partial charge in [-0.25, -0.2) is 0 Å². The Bertz CT molecular complexity index is 455. The molecule has 20 heavy (non-hydrogen) atoms. The minimum atomic E-state index is -0.0657. The Hall–Kier alpha value is -2.03. The average molecular weight is 276 g/mol. The molecule has 1 aromatic rings. The molecular weight excluding hydrogens is 256 g/mol. The second-order valence-electron chi connectivity index (χ2n) is 4.05. The highest BCUT2D eigenvalue weighted by Gasteiger charge is 2.04. The number of carbonyl (C=O) groups is 1. The molecule has 0 unspecified atom stereocenters. The van der Waals surface area contributed by atoms with Gasteiger partial charge in [-0.2, -0.15) is 0 Å². The van der Waals surface area contributed by atoms with E-state index in [-0.39, 0.29) is 19.1 Å². The highest BCUT2D eigenvalue weighted by Crippen LogP contribution is 2.17. The molecular formula is C15H20N2O3. The van der Waals surface area contributed by atoms with Crippen molar-refractivity contribution < 1.29 is 14.3 Å². The molecule has 2 N–H and O–H groups in total. The summed E-state index contributed by atoms with van der Waals surface area (Å²) < 4.78 is 10.3. The van der Waals surface area contributed by atoms with Gasteiger partial charge < -0.3 is 20.1 Å². The molecule has 1 rings (SSSR count). The van der Waals surface area contributed by atoms with Gasteiger partial charge >= 0.3 is 0 Å². The minimum Gasteiger partial charge on any atom is -0.481 e. The standard InChI is InChI=1S/C15H20N2O3/c1-3-9-20-14-7-5-4-6-13(14)11-16-12-15(18)17-8-10-19-2/h1,4-7,16H,8-12H2,2H3,(H,17,18). The van der Waals surface area contributed by atoms with Crippen LogP contribution in [-0.2, 0) is 16.1 Å². The molecule has 5 nitrogen and oxygen atoms in total. The normalized spacial score (nSPS) is 9.80. The number of ether oxygens (including phenoxy) is 2. The van der Waals surface area contributed by atoms with Gasteiger partial charge in [-0.3, -0.25) is 4.79 Å². The van der Waals surface area contributed by atoms with E-state index in [1.54, 1.807) is 7.11 Å². The molecule has 0 bridgehead atoms. The van der Waals surface area contributed by atoms with Crippen molar-refractivity contribution in [1.82, 2.24) is 10.6 Å².